The molecule has 0 unspecified atom stereocenters. The van der Waals surface area contributed by atoms with E-state index >= 15 is 0 Å². The zero-order chi connectivity index (χ0) is 55.4. The lowest BCUT2D eigenvalue weighted by Gasteiger charge is -2.33. The number of hydrogen-bond donors (Lipinski definition) is 0. The molecular weight excluding hydrogens is 1040 g/mol. The van der Waals surface area contributed by atoms with E-state index < -0.39 is 5.41 Å². The van der Waals surface area contributed by atoms with Crippen LogP contribution in [-0.2, 0) is 10.8 Å². The van der Waals surface area contributed by atoms with Gasteiger partial charge in [0.25, 0.3) is 0 Å². The Morgan fingerprint density at radius 2 is 0.857 bits per heavy atom. The second-order valence-electron chi connectivity index (χ2n) is 23.3. The molecule has 0 amide bonds. The topological polar surface area (TPSA) is 43.1 Å². The van der Waals surface area contributed by atoms with Gasteiger partial charge in [0, 0.05) is 58.4 Å². The second-order valence-corrected chi connectivity index (χ2v) is 24.4. The molecular formula is C79H50N4S. The van der Waals surface area contributed by atoms with Crippen molar-refractivity contribution < 1.29 is 0 Å². The van der Waals surface area contributed by atoms with E-state index in [4.69, 9.17) is 15.0 Å². The number of thiophene rings is 1. The summed E-state index contributed by atoms with van der Waals surface area (Å²) in [5, 5.41) is 7.78. The fourth-order valence-corrected chi connectivity index (χ4v) is 16.3. The summed E-state index contributed by atoms with van der Waals surface area (Å²) in [7, 11) is 0. The van der Waals surface area contributed by atoms with Crippen molar-refractivity contribution >= 4 is 69.6 Å². The van der Waals surface area contributed by atoms with Gasteiger partial charge in [0.2, 0.25) is 0 Å². The summed E-state index contributed by atoms with van der Waals surface area (Å²) >= 11 is 1.90. The van der Waals surface area contributed by atoms with Gasteiger partial charge in [-0.15, -0.1) is 11.3 Å². The summed E-state index contributed by atoms with van der Waals surface area (Å²) in [6, 6.07) is 98.3. The first-order valence-electron chi connectivity index (χ1n) is 29.0. The van der Waals surface area contributed by atoms with E-state index in [1.807, 2.05) is 11.3 Å². The molecule has 0 spiro atoms. The van der Waals surface area contributed by atoms with Gasteiger partial charge in [-0.05, 0) is 126 Å². The number of fused-ring (bicyclic) bond motifs is 12. The highest BCUT2D eigenvalue weighted by Crippen LogP contribution is 2.59. The molecule has 16 aromatic rings. The molecule has 0 saturated heterocycles. The van der Waals surface area contributed by atoms with Crippen molar-refractivity contribution in [3.8, 4) is 78.7 Å². The zero-order valence-corrected chi connectivity index (χ0v) is 46.9. The summed E-state index contributed by atoms with van der Waals surface area (Å²) in [5.41, 5.74) is 22.5. The highest BCUT2D eigenvalue weighted by atomic mass is 32.1. The van der Waals surface area contributed by atoms with Gasteiger partial charge in [-0.2, -0.15) is 0 Å². The summed E-state index contributed by atoms with van der Waals surface area (Å²) < 4.78 is 5.12. The van der Waals surface area contributed by atoms with Crippen LogP contribution in [0.15, 0.2) is 267 Å². The molecule has 5 heteroatoms. The predicted molar refractivity (Wildman–Crippen MR) is 349 cm³/mol. The molecule has 4 aromatic heterocycles. The molecule has 2 aliphatic carbocycles. The Hall–Kier alpha value is -10.3. The third kappa shape index (κ3) is 6.50. The monoisotopic (exact) mass is 1090 g/mol. The van der Waals surface area contributed by atoms with Crippen molar-refractivity contribution in [2.24, 2.45) is 0 Å². The quantitative estimate of drug-likeness (QED) is 0.160. The van der Waals surface area contributed by atoms with Gasteiger partial charge in [-0.1, -0.05) is 238 Å². The Morgan fingerprint density at radius 3 is 1.60 bits per heavy atom. The maximum absolute atomic E-state index is 5.65. The second kappa shape index (κ2) is 17.6. The fourth-order valence-electron chi connectivity index (χ4n) is 15.1. The Bertz CT molecular complexity index is 5360. The summed E-state index contributed by atoms with van der Waals surface area (Å²) in [4.78, 5) is 16.8. The molecule has 18 rings (SSSR count). The first kappa shape index (κ1) is 47.3. The molecule has 4 heterocycles. The maximum Gasteiger partial charge on any atom is 0.164 e. The summed E-state index contributed by atoms with van der Waals surface area (Å²) in [6.45, 7) is 4.67. The molecule has 0 N–H and O–H groups in total. The summed E-state index contributed by atoms with van der Waals surface area (Å²) in [6.07, 6.45) is 0. The van der Waals surface area contributed by atoms with E-state index in [0.717, 1.165) is 38.9 Å². The van der Waals surface area contributed by atoms with Crippen LogP contribution in [0.4, 0.5) is 0 Å². The number of nitrogens with zero attached hydrogens (tertiary/aromatic N) is 4. The van der Waals surface area contributed by atoms with E-state index in [1.54, 1.807) is 0 Å². The van der Waals surface area contributed by atoms with Crippen molar-refractivity contribution in [2.45, 2.75) is 24.7 Å². The number of aromatic nitrogens is 4. The van der Waals surface area contributed by atoms with Crippen molar-refractivity contribution in [3.63, 3.8) is 0 Å². The largest absolute Gasteiger partial charge is 0.308 e. The van der Waals surface area contributed by atoms with E-state index in [1.165, 1.54) is 114 Å². The van der Waals surface area contributed by atoms with E-state index in [9.17, 15) is 0 Å². The number of rotatable bonds is 7. The molecule has 0 radical (unpaired) electrons. The van der Waals surface area contributed by atoms with E-state index in [0.29, 0.717) is 17.5 Å². The van der Waals surface area contributed by atoms with Crippen LogP contribution in [0, 0.1) is 0 Å². The van der Waals surface area contributed by atoms with Gasteiger partial charge in [-0.25, -0.2) is 15.0 Å². The Balaban J connectivity index is 0.824. The van der Waals surface area contributed by atoms with Gasteiger partial charge in [0.15, 0.2) is 17.5 Å². The smallest absolute Gasteiger partial charge is 0.164 e. The van der Waals surface area contributed by atoms with Crippen LogP contribution in [0.5, 0.6) is 0 Å². The van der Waals surface area contributed by atoms with E-state index in [2.05, 4.69) is 285 Å². The molecule has 0 atom stereocenters. The lowest BCUT2D eigenvalue weighted by Crippen LogP contribution is -2.28. The molecule has 2 aliphatic rings. The average molecular weight is 1090 g/mol. The van der Waals surface area contributed by atoms with Gasteiger partial charge < -0.3 is 4.40 Å². The fraction of sp³-hybridized carbons (Fsp3) is 0.0506. The Morgan fingerprint density at radius 1 is 0.333 bits per heavy atom. The minimum atomic E-state index is -0.582. The van der Waals surface area contributed by atoms with Crippen LogP contribution in [0.25, 0.3) is 137 Å². The lowest BCUT2D eigenvalue weighted by molar-refractivity contribution is 0.661. The van der Waals surface area contributed by atoms with Crippen LogP contribution < -0.4 is 0 Å². The molecule has 0 bridgehead atoms. The maximum atomic E-state index is 5.65. The average Bonchev–Trinajstić information content (AvgIpc) is 1.63. The lowest BCUT2D eigenvalue weighted by atomic mass is 9.67. The van der Waals surface area contributed by atoms with Crippen LogP contribution in [0.3, 0.4) is 0 Å². The molecule has 0 fully saturated rings. The molecule has 4 nitrogen and oxygen atoms in total. The number of benzene rings is 12. The predicted octanol–water partition coefficient (Wildman–Crippen LogP) is 20.4. The van der Waals surface area contributed by atoms with Crippen molar-refractivity contribution in [2.75, 3.05) is 0 Å². The van der Waals surface area contributed by atoms with Gasteiger partial charge >= 0.3 is 0 Å². The minimum absolute atomic E-state index is 0.298. The summed E-state index contributed by atoms with van der Waals surface area (Å²) in [5.74, 6) is 1.91. The van der Waals surface area contributed by atoms with Gasteiger partial charge in [-0.3, -0.25) is 0 Å². The molecule has 392 valence electrons. The van der Waals surface area contributed by atoms with Crippen molar-refractivity contribution in [3.05, 3.63) is 300 Å². The zero-order valence-electron chi connectivity index (χ0n) is 46.1. The highest BCUT2D eigenvalue weighted by molar-refractivity contribution is 7.26. The van der Waals surface area contributed by atoms with Crippen LogP contribution in [0.2, 0.25) is 0 Å². The van der Waals surface area contributed by atoms with E-state index in [-0.39, 0.29) is 5.41 Å². The third-order valence-corrected chi connectivity index (χ3v) is 19.7. The van der Waals surface area contributed by atoms with Gasteiger partial charge in [0.05, 0.1) is 22.0 Å². The van der Waals surface area contributed by atoms with Crippen molar-refractivity contribution in [1.29, 1.82) is 0 Å². The first-order chi connectivity index (χ1) is 41.4. The SMILES string of the molecule is CC1(C)c2ccccc2-c2cccc(-c3nc(-c4cccc(-c5cccc(-c6cc7sc8ccc9c%10ccccc%10n%10c%11ccccc%11c(c6)c7c8c9%10)c5)c4)nc(-c4cccc5c4-c4ccccc4C5(c4ccccc4)c4ccccc4)n3)c21. The number of hydrogen-bond acceptors (Lipinski definition) is 4. The number of para-hydroxylation sites is 2. The Labute approximate surface area is 489 Å². The molecule has 0 aliphatic heterocycles. The first-order valence-corrected chi connectivity index (χ1v) is 29.8. The van der Waals surface area contributed by atoms with Crippen LogP contribution in [-0.4, -0.2) is 19.4 Å². The normalized spacial score (nSPS) is 13.8. The third-order valence-electron chi connectivity index (χ3n) is 18.6. The van der Waals surface area contributed by atoms with Crippen LogP contribution >= 0.6 is 11.3 Å². The molecule has 0 saturated carbocycles. The molecule has 12 aromatic carbocycles. The van der Waals surface area contributed by atoms with Crippen LogP contribution in [0.1, 0.15) is 47.2 Å². The van der Waals surface area contributed by atoms with Gasteiger partial charge in [0.1, 0.15) is 0 Å². The standard InChI is InChI=1S/C79H50N4S/c1-78(2)63-36-13-9-29-54(63)57-33-19-35-61(73(57)78)77-81-75(80-76(82-77)60-34-20-38-65-70(60)59-32-10-14-37-64(59)79(65,52-25-5-3-6-26-52)53-27-7-4-8-28-53)50-24-18-22-48(44-50)47-21-17-23-49(43-47)51-45-62-56-31-12-16-40-67(56)83-66-39-15-11-30-55(66)58-41-42-68-72(74(58)83)71(62)69(46-51)84-68/h3-46H,1-2H3. The minimum Gasteiger partial charge on any atom is -0.308 e. The molecule has 84 heavy (non-hydrogen) atoms. The Kier molecular flexibility index (Phi) is 9.91. The van der Waals surface area contributed by atoms with Crippen molar-refractivity contribution in [1.82, 2.24) is 19.4 Å². The highest BCUT2D eigenvalue weighted by Gasteiger charge is 2.47.